The minimum atomic E-state index is -0.499. The van der Waals surface area contributed by atoms with Crippen molar-refractivity contribution in [3.05, 3.63) is 241 Å². The number of aromatic nitrogens is 4. The van der Waals surface area contributed by atoms with Gasteiger partial charge in [-0.1, -0.05) is 206 Å². The average Bonchev–Trinajstić information content (AvgIpc) is 3.96. The summed E-state index contributed by atoms with van der Waals surface area (Å²) in [6.07, 6.45) is 0. The second-order valence-electron chi connectivity index (χ2n) is 16.3. The molecule has 0 unspecified atom stereocenters. The van der Waals surface area contributed by atoms with Crippen LogP contribution < -0.4 is 0 Å². The molecule has 11 aromatic rings. The second-order valence-corrected chi connectivity index (χ2v) is 16.3. The van der Waals surface area contributed by atoms with E-state index in [0.717, 1.165) is 55.2 Å². The van der Waals surface area contributed by atoms with E-state index in [4.69, 9.17) is 15.0 Å². The van der Waals surface area contributed by atoms with Gasteiger partial charge in [0, 0.05) is 27.5 Å². The van der Waals surface area contributed by atoms with Gasteiger partial charge >= 0.3 is 0 Å². The predicted octanol–water partition coefficient (Wildman–Crippen LogP) is 14.0. The number of nitrogens with zero attached hydrogens (tertiary/aromatic N) is 4. The summed E-state index contributed by atoms with van der Waals surface area (Å²) < 4.78 is 2.33. The van der Waals surface area contributed by atoms with Crippen molar-refractivity contribution in [3.8, 4) is 73.2 Å². The van der Waals surface area contributed by atoms with Crippen LogP contribution >= 0.6 is 0 Å². The molecule has 0 atom stereocenters. The van der Waals surface area contributed by atoms with Crippen molar-refractivity contribution in [1.29, 1.82) is 0 Å². The summed E-state index contributed by atoms with van der Waals surface area (Å²) in [6, 6.07) is 78.5. The van der Waals surface area contributed by atoms with Crippen LogP contribution in [0.3, 0.4) is 0 Å². The minimum Gasteiger partial charge on any atom is -0.277 e. The molecule has 62 heavy (non-hydrogen) atoms. The first-order valence-corrected chi connectivity index (χ1v) is 21.2. The molecule has 1 spiro atoms. The van der Waals surface area contributed by atoms with Gasteiger partial charge < -0.3 is 0 Å². The molecule has 4 heteroatoms. The molecule has 13 rings (SSSR count). The van der Waals surface area contributed by atoms with Gasteiger partial charge in [-0.3, -0.25) is 4.57 Å². The number of rotatable bonds is 5. The fourth-order valence-corrected chi connectivity index (χ4v) is 10.5. The molecule has 0 radical (unpaired) electrons. The molecule has 2 heterocycles. The highest BCUT2D eigenvalue weighted by atomic mass is 15.2. The summed E-state index contributed by atoms with van der Waals surface area (Å²) in [5, 5.41) is 2.29. The van der Waals surface area contributed by atoms with E-state index in [1.54, 1.807) is 0 Å². The third-order valence-corrected chi connectivity index (χ3v) is 13.1. The van der Waals surface area contributed by atoms with Crippen molar-refractivity contribution in [3.63, 3.8) is 0 Å². The maximum Gasteiger partial charge on any atom is 0.238 e. The van der Waals surface area contributed by atoms with E-state index >= 15 is 0 Å². The molecular formula is C58H36N4. The Morgan fingerprint density at radius 1 is 0.323 bits per heavy atom. The maximum absolute atomic E-state index is 5.49. The monoisotopic (exact) mass is 788 g/mol. The fourth-order valence-electron chi connectivity index (χ4n) is 10.5. The average molecular weight is 789 g/mol. The molecule has 0 saturated heterocycles. The van der Waals surface area contributed by atoms with Crippen LogP contribution in [-0.2, 0) is 5.41 Å². The van der Waals surface area contributed by atoms with E-state index in [2.05, 4.69) is 199 Å². The zero-order valence-corrected chi connectivity index (χ0v) is 33.6. The van der Waals surface area contributed by atoms with Crippen molar-refractivity contribution in [2.75, 3.05) is 0 Å². The highest BCUT2D eigenvalue weighted by molar-refractivity contribution is 6.17. The standard InChI is InChI=1S/C58H36N4/c1-4-17-37(18-5-1)40-23-16-24-42(35-40)56-59-55(39-21-8-3-9-22-39)60-57(61-56)62-52-36-41(38-19-6-2-7-20-38)31-32-45(52)46-33-34-51-53(54(46)62)47-27-12-15-30-50(47)58(51)48-28-13-10-25-43(48)44-26-11-14-29-49(44)58/h1-36H. The summed E-state index contributed by atoms with van der Waals surface area (Å²) >= 11 is 0. The second kappa shape index (κ2) is 13.4. The number of hydrogen-bond donors (Lipinski definition) is 0. The van der Waals surface area contributed by atoms with Crippen molar-refractivity contribution in [2.45, 2.75) is 5.41 Å². The Hall–Kier alpha value is -8.21. The first kappa shape index (κ1) is 34.6. The molecule has 0 amide bonds. The van der Waals surface area contributed by atoms with E-state index in [9.17, 15) is 0 Å². The van der Waals surface area contributed by atoms with E-state index in [1.807, 2.05) is 24.3 Å². The largest absolute Gasteiger partial charge is 0.277 e. The van der Waals surface area contributed by atoms with Crippen LogP contribution in [0.4, 0.5) is 0 Å². The summed E-state index contributed by atoms with van der Waals surface area (Å²) in [7, 11) is 0. The van der Waals surface area contributed by atoms with Gasteiger partial charge in [-0.15, -0.1) is 0 Å². The van der Waals surface area contributed by atoms with E-state index < -0.39 is 5.41 Å². The van der Waals surface area contributed by atoms with Crippen molar-refractivity contribution in [1.82, 2.24) is 19.5 Å². The smallest absolute Gasteiger partial charge is 0.238 e. The molecule has 2 aliphatic rings. The summed E-state index contributed by atoms with van der Waals surface area (Å²) in [5.74, 6) is 1.81. The van der Waals surface area contributed by atoms with Gasteiger partial charge in [-0.05, 0) is 73.3 Å². The Bertz CT molecular complexity index is 3530. The molecule has 2 aliphatic carbocycles. The van der Waals surface area contributed by atoms with Gasteiger partial charge in [0.1, 0.15) is 0 Å². The normalized spacial score (nSPS) is 13.0. The van der Waals surface area contributed by atoms with Crippen LogP contribution in [0.5, 0.6) is 0 Å². The van der Waals surface area contributed by atoms with Gasteiger partial charge in [-0.2, -0.15) is 9.97 Å². The third-order valence-electron chi connectivity index (χ3n) is 13.1. The Balaban J connectivity index is 1.17. The highest BCUT2D eigenvalue weighted by Crippen LogP contribution is 2.64. The van der Waals surface area contributed by atoms with Gasteiger partial charge in [0.2, 0.25) is 5.95 Å². The number of benzene rings is 9. The lowest BCUT2D eigenvalue weighted by Gasteiger charge is -2.30. The third kappa shape index (κ3) is 4.92. The maximum atomic E-state index is 5.49. The van der Waals surface area contributed by atoms with Crippen molar-refractivity contribution >= 4 is 21.8 Å². The molecule has 0 fully saturated rings. The lowest BCUT2D eigenvalue weighted by Crippen LogP contribution is -2.25. The van der Waals surface area contributed by atoms with Crippen LogP contribution in [0.25, 0.3) is 95.0 Å². The number of fused-ring (bicyclic) bond motifs is 14. The molecule has 2 aromatic heterocycles. The zero-order chi connectivity index (χ0) is 40.8. The predicted molar refractivity (Wildman–Crippen MR) is 252 cm³/mol. The van der Waals surface area contributed by atoms with E-state index in [-0.39, 0.29) is 0 Å². The van der Waals surface area contributed by atoms with Crippen LogP contribution in [0.1, 0.15) is 22.3 Å². The SMILES string of the molecule is c1ccc(-c2cccc(-c3nc(-c4ccccc4)nc(-n4c5cc(-c6ccccc6)ccc5c5ccc6c(c54)-c4ccccc4C64c5ccccc5-c5ccccc54)n3)c2)cc1. The van der Waals surface area contributed by atoms with Gasteiger partial charge in [-0.25, -0.2) is 4.98 Å². The first-order valence-electron chi connectivity index (χ1n) is 21.2. The Kier molecular flexibility index (Phi) is 7.49. The van der Waals surface area contributed by atoms with Crippen LogP contribution in [0.2, 0.25) is 0 Å². The Morgan fingerprint density at radius 2 is 0.806 bits per heavy atom. The molecule has 0 saturated carbocycles. The Morgan fingerprint density at radius 3 is 1.45 bits per heavy atom. The molecule has 0 aliphatic heterocycles. The van der Waals surface area contributed by atoms with E-state index in [1.165, 1.54) is 44.5 Å². The summed E-state index contributed by atoms with van der Waals surface area (Å²) in [4.78, 5) is 16.2. The van der Waals surface area contributed by atoms with E-state index in [0.29, 0.717) is 17.6 Å². The summed E-state index contributed by atoms with van der Waals surface area (Å²) in [6.45, 7) is 0. The quantitative estimate of drug-likeness (QED) is 0.174. The van der Waals surface area contributed by atoms with Crippen molar-refractivity contribution in [2.24, 2.45) is 0 Å². The van der Waals surface area contributed by atoms with Crippen LogP contribution in [0, 0.1) is 0 Å². The summed E-state index contributed by atoms with van der Waals surface area (Å²) in [5.41, 5.74) is 18.2. The molecule has 4 nitrogen and oxygen atoms in total. The van der Waals surface area contributed by atoms with Crippen molar-refractivity contribution < 1.29 is 0 Å². The molecule has 288 valence electrons. The molecule has 0 N–H and O–H groups in total. The van der Waals surface area contributed by atoms with Gasteiger partial charge in [0.05, 0.1) is 16.4 Å². The Labute approximate surface area is 359 Å². The lowest BCUT2D eigenvalue weighted by atomic mass is 9.70. The fraction of sp³-hybridized carbons (Fsp3) is 0.0172. The molecule has 9 aromatic carbocycles. The molecular weight excluding hydrogens is 753 g/mol. The van der Waals surface area contributed by atoms with Gasteiger partial charge in [0.15, 0.2) is 11.6 Å². The van der Waals surface area contributed by atoms with Crippen LogP contribution in [0.15, 0.2) is 218 Å². The minimum absolute atomic E-state index is 0.499. The number of hydrogen-bond acceptors (Lipinski definition) is 3. The lowest BCUT2D eigenvalue weighted by molar-refractivity contribution is 0.794. The molecule has 0 bridgehead atoms. The topological polar surface area (TPSA) is 43.6 Å². The highest BCUT2D eigenvalue weighted by Gasteiger charge is 2.52. The first-order chi connectivity index (χ1) is 30.8. The van der Waals surface area contributed by atoms with Crippen LogP contribution in [-0.4, -0.2) is 19.5 Å². The van der Waals surface area contributed by atoms with Gasteiger partial charge in [0.25, 0.3) is 0 Å². The zero-order valence-electron chi connectivity index (χ0n) is 33.6.